The molecule has 0 aromatic rings. The van der Waals surface area contributed by atoms with Gasteiger partial charge in [0.1, 0.15) is 0 Å². The van der Waals surface area contributed by atoms with Crippen molar-refractivity contribution in [2.24, 2.45) is 11.3 Å². The molecule has 1 aliphatic rings. The zero-order valence-electron chi connectivity index (χ0n) is 17.2. The first-order valence-electron chi connectivity index (χ1n) is 10.9. The van der Waals surface area contributed by atoms with Crippen LogP contribution in [0.3, 0.4) is 0 Å². The second kappa shape index (κ2) is 13.2. The van der Waals surface area contributed by atoms with Crippen LogP contribution in [0.25, 0.3) is 0 Å². The minimum atomic E-state index is 0.395. The minimum absolute atomic E-state index is 0.395. The molecule has 0 aromatic carbocycles. The molecule has 0 aromatic heterocycles. The van der Waals surface area contributed by atoms with Crippen molar-refractivity contribution < 1.29 is 4.74 Å². The van der Waals surface area contributed by atoms with E-state index in [1.54, 1.807) is 0 Å². The molecular weight excluding hydrogens is 294 g/mol. The van der Waals surface area contributed by atoms with Crippen LogP contribution in [0, 0.1) is 11.3 Å². The minimum Gasteiger partial charge on any atom is -0.384 e. The summed E-state index contributed by atoms with van der Waals surface area (Å²) in [7, 11) is 1.92. The average Bonchev–Trinajstić information content (AvgIpc) is 2.63. The standard InChI is InChI=1S/C22H45NO/c1-5-8-9-10-11-15-18-22(20-24-4,19-23(6-2)7-3)21-16-13-12-14-17-21/h21H,5-20H2,1-4H3. The maximum Gasteiger partial charge on any atom is 0.0533 e. The van der Waals surface area contributed by atoms with Gasteiger partial charge in [-0.25, -0.2) is 0 Å². The summed E-state index contributed by atoms with van der Waals surface area (Å²) in [6.45, 7) is 11.5. The van der Waals surface area contributed by atoms with Gasteiger partial charge in [0.2, 0.25) is 0 Å². The van der Waals surface area contributed by atoms with E-state index in [0.717, 1.165) is 12.5 Å². The summed E-state index contributed by atoms with van der Waals surface area (Å²) in [6.07, 6.45) is 17.0. The third kappa shape index (κ3) is 7.44. The molecule has 1 fully saturated rings. The third-order valence-electron chi connectivity index (χ3n) is 6.36. The summed E-state index contributed by atoms with van der Waals surface area (Å²) in [5.74, 6) is 0.877. The summed E-state index contributed by atoms with van der Waals surface area (Å²) in [5, 5.41) is 0. The van der Waals surface area contributed by atoms with Gasteiger partial charge in [0.05, 0.1) is 6.61 Å². The number of rotatable bonds is 14. The largest absolute Gasteiger partial charge is 0.384 e. The van der Waals surface area contributed by atoms with Gasteiger partial charge in [-0.1, -0.05) is 78.6 Å². The van der Waals surface area contributed by atoms with Crippen LogP contribution < -0.4 is 0 Å². The van der Waals surface area contributed by atoms with Crippen LogP contribution in [0.2, 0.25) is 0 Å². The molecule has 0 bridgehead atoms. The highest BCUT2D eigenvalue weighted by atomic mass is 16.5. The van der Waals surface area contributed by atoms with Crippen LogP contribution >= 0.6 is 0 Å². The molecule has 0 heterocycles. The van der Waals surface area contributed by atoms with Crippen LogP contribution in [0.1, 0.15) is 97.8 Å². The Labute approximate surface area is 152 Å². The lowest BCUT2D eigenvalue weighted by Crippen LogP contribution is -2.46. The highest BCUT2D eigenvalue weighted by Gasteiger charge is 2.39. The van der Waals surface area contributed by atoms with E-state index in [2.05, 4.69) is 25.7 Å². The van der Waals surface area contributed by atoms with Gasteiger partial charge in [0, 0.05) is 19.1 Å². The molecule has 0 saturated heterocycles. The summed E-state index contributed by atoms with van der Waals surface area (Å²) >= 11 is 0. The van der Waals surface area contributed by atoms with Gasteiger partial charge in [-0.2, -0.15) is 0 Å². The van der Waals surface area contributed by atoms with Gasteiger partial charge in [-0.15, -0.1) is 0 Å². The monoisotopic (exact) mass is 339 g/mol. The zero-order valence-corrected chi connectivity index (χ0v) is 17.2. The van der Waals surface area contributed by atoms with Crippen molar-refractivity contribution in [2.75, 3.05) is 33.4 Å². The Hall–Kier alpha value is -0.0800. The number of methoxy groups -OCH3 is 1. The van der Waals surface area contributed by atoms with Gasteiger partial charge in [-0.3, -0.25) is 0 Å². The number of hydrogen-bond acceptors (Lipinski definition) is 2. The molecular formula is C22H45NO. The van der Waals surface area contributed by atoms with E-state index in [1.165, 1.54) is 96.7 Å². The Balaban J connectivity index is 2.69. The van der Waals surface area contributed by atoms with Gasteiger partial charge in [0.15, 0.2) is 0 Å². The highest BCUT2D eigenvalue weighted by molar-refractivity contribution is 4.90. The smallest absolute Gasteiger partial charge is 0.0533 e. The third-order valence-corrected chi connectivity index (χ3v) is 6.36. The van der Waals surface area contributed by atoms with E-state index in [0.29, 0.717) is 5.41 Å². The molecule has 1 aliphatic carbocycles. The van der Waals surface area contributed by atoms with Gasteiger partial charge in [0.25, 0.3) is 0 Å². The van der Waals surface area contributed by atoms with Crippen LogP contribution in [0.4, 0.5) is 0 Å². The van der Waals surface area contributed by atoms with E-state index in [-0.39, 0.29) is 0 Å². The Morgan fingerprint density at radius 3 is 2.08 bits per heavy atom. The second-order valence-electron chi connectivity index (χ2n) is 8.11. The molecule has 0 N–H and O–H groups in total. The number of ether oxygens (including phenoxy) is 1. The summed E-state index contributed by atoms with van der Waals surface area (Å²) in [6, 6.07) is 0. The van der Waals surface area contributed by atoms with Crippen molar-refractivity contribution in [3.63, 3.8) is 0 Å². The van der Waals surface area contributed by atoms with E-state index in [1.807, 2.05) is 7.11 Å². The predicted octanol–water partition coefficient (Wildman–Crippen LogP) is 6.29. The normalized spacial score (nSPS) is 18.9. The van der Waals surface area contributed by atoms with Crippen LogP contribution in [-0.2, 0) is 4.74 Å². The zero-order chi connectivity index (χ0) is 17.7. The topological polar surface area (TPSA) is 12.5 Å². The quantitative estimate of drug-likeness (QED) is 0.345. The molecule has 0 radical (unpaired) electrons. The predicted molar refractivity (Wildman–Crippen MR) is 107 cm³/mol. The van der Waals surface area contributed by atoms with Crippen LogP contribution in [0.5, 0.6) is 0 Å². The molecule has 1 saturated carbocycles. The molecule has 24 heavy (non-hydrogen) atoms. The van der Waals surface area contributed by atoms with Gasteiger partial charge >= 0.3 is 0 Å². The second-order valence-corrected chi connectivity index (χ2v) is 8.11. The molecule has 2 heteroatoms. The summed E-state index contributed by atoms with van der Waals surface area (Å²) in [5.41, 5.74) is 0.395. The lowest BCUT2D eigenvalue weighted by atomic mass is 9.66. The van der Waals surface area contributed by atoms with Crippen molar-refractivity contribution >= 4 is 0 Å². The van der Waals surface area contributed by atoms with E-state index >= 15 is 0 Å². The van der Waals surface area contributed by atoms with Crippen LogP contribution in [-0.4, -0.2) is 38.3 Å². The maximum atomic E-state index is 5.82. The van der Waals surface area contributed by atoms with Crippen LogP contribution in [0.15, 0.2) is 0 Å². The first-order valence-corrected chi connectivity index (χ1v) is 10.9. The highest BCUT2D eigenvalue weighted by Crippen LogP contribution is 2.43. The maximum absolute atomic E-state index is 5.82. The molecule has 1 unspecified atom stereocenters. The lowest BCUT2D eigenvalue weighted by molar-refractivity contribution is -0.0186. The van der Waals surface area contributed by atoms with Crippen molar-refractivity contribution in [1.82, 2.24) is 4.90 Å². The fourth-order valence-electron chi connectivity index (χ4n) is 4.80. The van der Waals surface area contributed by atoms with Crippen molar-refractivity contribution in [2.45, 2.75) is 97.8 Å². The van der Waals surface area contributed by atoms with Gasteiger partial charge in [-0.05, 0) is 38.3 Å². The fraction of sp³-hybridized carbons (Fsp3) is 1.00. The van der Waals surface area contributed by atoms with Gasteiger partial charge < -0.3 is 9.64 Å². The van der Waals surface area contributed by atoms with E-state index in [9.17, 15) is 0 Å². The van der Waals surface area contributed by atoms with E-state index in [4.69, 9.17) is 4.74 Å². The molecule has 0 amide bonds. The Kier molecular flexibility index (Phi) is 12.0. The first kappa shape index (κ1) is 22.0. The van der Waals surface area contributed by atoms with Crippen molar-refractivity contribution in [1.29, 1.82) is 0 Å². The summed E-state index contributed by atoms with van der Waals surface area (Å²) < 4.78 is 5.82. The van der Waals surface area contributed by atoms with E-state index < -0.39 is 0 Å². The molecule has 0 spiro atoms. The summed E-state index contributed by atoms with van der Waals surface area (Å²) in [4.78, 5) is 2.64. The molecule has 1 rings (SSSR count). The Morgan fingerprint density at radius 1 is 0.875 bits per heavy atom. The Bertz CT molecular complexity index is 284. The number of hydrogen-bond donors (Lipinski definition) is 0. The average molecular weight is 340 g/mol. The molecule has 2 nitrogen and oxygen atoms in total. The molecule has 0 aliphatic heterocycles. The lowest BCUT2D eigenvalue weighted by Gasteiger charge is -2.45. The van der Waals surface area contributed by atoms with Crippen molar-refractivity contribution in [3.05, 3.63) is 0 Å². The molecule has 144 valence electrons. The number of unbranched alkanes of at least 4 members (excludes halogenated alkanes) is 5. The SMILES string of the molecule is CCCCCCCCC(COC)(CN(CC)CC)C1CCCCC1. The Morgan fingerprint density at radius 2 is 1.50 bits per heavy atom. The number of nitrogens with zero attached hydrogens (tertiary/aromatic N) is 1. The fourth-order valence-corrected chi connectivity index (χ4v) is 4.80. The first-order chi connectivity index (χ1) is 11.7. The molecule has 1 atom stereocenters. The van der Waals surface area contributed by atoms with Crippen molar-refractivity contribution in [3.8, 4) is 0 Å².